The summed E-state index contributed by atoms with van der Waals surface area (Å²) in [5.74, 6) is 0.283. The summed E-state index contributed by atoms with van der Waals surface area (Å²) in [5.41, 5.74) is 8.06. The van der Waals surface area contributed by atoms with Gasteiger partial charge in [-0.2, -0.15) is 0 Å². The monoisotopic (exact) mass is 723 g/mol. The molecule has 2 nitrogen and oxygen atoms in total. The number of fused-ring (bicyclic) bond motifs is 12. The minimum Gasteiger partial charge on any atom is -0.506 e. The highest BCUT2D eigenvalue weighted by atomic mass is 16.3. The molecule has 0 aliphatic heterocycles. The molecule has 57 heavy (non-hydrogen) atoms. The van der Waals surface area contributed by atoms with E-state index in [0.717, 1.165) is 55.3 Å². The molecule has 0 saturated heterocycles. The van der Waals surface area contributed by atoms with Gasteiger partial charge in [0, 0.05) is 11.1 Å². The van der Waals surface area contributed by atoms with Crippen molar-refractivity contribution in [3.05, 3.63) is 176 Å². The van der Waals surface area contributed by atoms with Crippen LogP contribution >= 0.6 is 0 Å². The number of phenols is 1. The predicted molar refractivity (Wildman–Crippen MR) is 255 cm³/mol. The fourth-order valence-electron chi connectivity index (χ4n) is 9.70. The summed E-state index contributed by atoms with van der Waals surface area (Å²) in [6.07, 6.45) is 0. The van der Waals surface area contributed by atoms with E-state index in [2.05, 4.69) is 204 Å². The quantitative estimate of drug-likeness (QED) is 0.145. The molecule has 0 saturated carbocycles. The number of nitrogens with zero attached hydrogens (tertiary/aromatic N) is 1. The molecule has 11 rings (SSSR count). The Morgan fingerprint density at radius 2 is 0.772 bits per heavy atom. The van der Waals surface area contributed by atoms with Crippen molar-refractivity contribution in [3.63, 3.8) is 0 Å². The Balaban J connectivity index is 1.25. The van der Waals surface area contributed by atoms with Crippen LogP contribution in [0.3, 0.4) is 0 Å². The zero-order valence-electron chi connectivity index (χ0n) is 32.1. The second kappa shape index (κ2) is 12.8. The van der Waals surface area contributed by atoms with E-state index in [9.17, 15) is 5.11 Å². The second-order valence-corrected chi connectivity index (χ2v) is 15.5. The summed E-state index contributed by atoms with van der Waals surface area (Å²) in [4.78, 5) is 2.32. The van der Waals surface area contributed by atoms with E-state index in [1.165, 1.54) is 64.6 Å². The highest BCUT2D eigenvalue weighted by Crippen LogP contribution is 2.46. The fourth-order valence-corrected chi connectivity index (χ4v) is 9.70. The zero-order valence-corrected chi connectivity index (χ0v) is 32.1. The number of hydrogen-bond donors (Lipinski definition) is 1. The molecule has 0 fully saturated rings. The van der Waals surface area contributed by atoms with Crippen LogP contribution in [0.2, 0.25) is 0 Å². The van der Waals surface area contributed by atoms with Crippen molar-refractivity contribution < 1.29 is 5.11 Å². The van der Waals surface area contributed by atoms with E-state index >= 15 is 0 Å². The number of hydrogen-bond acceptors (Lipinski definition) is 2. The van der Waals surface area contributed by atoms with Crippen LogP contribution in [0, 0.1) is 0 Å². The smallest absolute Gasteiger partial charge is 0.145 e. The van der Waals surface area contributed by atoms with Crippen molar-refractivity contribution >= 4 is 132 Å². The lowest BCUT2D eigenvalue weighted by molar-refractivity contribution is 0.481. The van der Waals surface area contributed by atoms with Crippen LogP contribution in [0.1, 0.15) is 0 Å². The summed E-state index contributed by atoms with van der Waals surface area (Å²) in [6, 6.07) is 63.5. The van der Waals surface area contributed by atoms with E-state index < -0.39 is 0 Å². The number of rotatable bonds is 4. The zero-order chi connectivity index (χ0) is 38.4. The van der Waals surface area contributed by atoms with E-state index in [0.29, 0.717) is 0 Å². The third-order valence-corrected chi connectivity index (χ3v) is 12.5. The molecule has 0 atom stereocenters. The minimum absolute atomic E-state index is 0.283. The van der Waals surface area contributed by atoms with Gasteiger partial charge in [-0.25, -0.2) is 0 Å². The van der Waals surface area contributed by atoms with E-state index in [1.54, 1.807) is 0 Å². The van der Waals surface area contributed by atoms with Crippen LogP contribution in [0.5, 0.6) is 5.75 Å². The molecule has 0 radical (unpaired) electrons. The lowest BCUT2D eigenvalue weighted by Gasteiger charge is -2.32. The maximum absolute atomic E-state index is 12.9. The Hall–Kier alpha value is -6.97. The van der Waals surface area contributed by atoms with E-state index in [4.69, 9.17) is 0 Å². The molecule has 0 aliphatic carbocycles. The van der Waals surface area contributed by atoms with Crippen molar-refractivity contribution in [2.75, 3.05) is 4.90 Å². The molecular weight excluding hydrogens is 687 g/mol. The molecule has 0 amide bonds. The maximum Gasteiger partial charge on any atom is 0.145 e. The van der Waals surface area contributed by atoms with Crippen LogP contribution in [-0.4, -0.2) is 28.6 Å². The van der Waals surface area contributed by atoms with Crippen LogP contribution in [0.15, 0.2) is 176 Å². The molecule has 11 aromatic carbocycles. The van der Waals surface area contributed by atoms with Crippen molar-refractivity contribution in [3.8, 4) is 16.9 Å². The predicted octanol–water partition coefficient (Wildman–Crippen LogP) is 9.38. The van der Waals surface area contributed by atoms with Crippen molar-refractivity contribution in [1.82, 2.24) is 0 Å². The Kier molecular flexibility index (Phi) is 7.49. The van der Waals surface area contributed by atoms with Gasteiger partial charge in [0.05, 0.1) is 11.4 Å². The second-order valence-electron chi connectivity index (χ2n) is 15.5. The van der Waals surface area contributed by atoms with Gasteiger partial charge in [0.2, 0.25) is 0 Å². The van der Waals surface area contributed by atoms with Gasteiger partial charge >= 0.3 is 0 Å². The Morgan fingerprint density at radius 3 is 1.35 bits per heavy atom. The molecule has 1 N–H and O–H groups in total. The molecule has 0 aliphatic rings. The SMILES string of the molecule is Bc1c(B)c(N(c2ccc3c4ccccc4c4ccccc4c3c2)c2cc3ccccc3c3ccccc23)c(O)c(B)c1-c1cc2ccccc2c2ccccc12. The van der Waals surface area contributed by atoms with Gasteiger partial charge in [-0.1, -0.05) is 163 Å². The first-order valence-electron chi connectivity index (χ1n) is 19.8. The summed E-state index contributed by atoms with van der Waals surface area (Å²) >= 11 is 0. The number of aromatic hydroxyl groups is 1. The molecule has 0 heterocycles. The Morgan fingerprint density at radius 1 is 0.351 bits per heavy atom. The van der Waals surface area contributed by atoms with Gasteiger partial charge < -0.3 is 10.0 Å². The standard InChI is InChI=1S/C52H36B3NO/c53-48-47(45-27-30-13-1-3-15-33(30)35-17-5-10-23-41(35)45)49(54)52(57)51(50(48)55)56(46-28-31-14-2-4-16-34(31)36-18-11-12-24-43(36)46)32-25-26-42-39-21-7-6-19-37(39)38-20-8-9-22-40(38)44(42)29-32/h1-29,57H,53-55H2. The molecule has 11 aromatic rings. The molecule has 264 valence electrons. The number of benzene rings is 11. The first kappa shape index (κ1) is 33.4. The lowest BCUT2D eigenvalue weighted by atomic mass is 9.68. The van der Waals surface area contributed by atoms with Crippen LogP contribution in [0.4, 0.5) is 17.1 Å². The third kappa shape index (κ3) is 4.95. The van der Waals surface area contributed by atoms with E-state index in [1.807, 2.05) is 0 Å². The van der Waals surface area contributed by atoms with Crippen LogP contribution in [-0.2, 0) is 0 Å². The summed E-state index contributed by atoms with van der Waals surface area (Å²) < 4.78 is 0. The van der Waals surface area contributed by atoms with Crippen molar-refractivity contribution in [1.29, 1.82) is 0 Å². The van der Waals surface area contributed by atoms with Gasteiger partial charge in [-0.15, -0.1) is 0 Å². The topological polar surface area (TPSA) is 23.5 Å². The average molecular weight is 723 g/mol. The van der Waals surface area contributed by atoms with Crippen LogP contribution < -0.4 is 21.3 Å². The van der Waals surface area contributed by atoms with Crippen molar-refractivity contribution in [2.24, 2.45) is 0 Å². The van der Waals surface area contributed by atoms with Crippen molar-refractivity contribution in [2.45, 2.75) is 0 Å². The number of phenolic OH excluding ortho intramolecular Hbond substituents is 1. The first-order valence-corrected chi connectivity index (χ1v) is 19.8. The highest BCUT2D eigenvalue weighted by molar-refractivity contribution is 6.57. The Labute approximate surface area is 333 Å². The Bertz CT molecular complexity index is 3420. The lowest BCUT2D eigenvalue weighted by Crippen LogP contribution is -2.37. The van der Waals surface area contributed by atoms with E-state index in [-0.39, 0.29) is 5.75 Å². The summed E-state index contributed by atoms with van der Waals surface area (Å²) in [7, 11) is 6.49. The molecular formula is C52H36B3NO. The minimum atomic E-state index is 0.283. The molecule has 0 bridgehead atoms. The molecule has 0 aromatic heterocycles. The largest absolute Gasteiger partial charge is 0.506 e. The molecule has 5 heteroatoms. The van der Waals surface area contributed by atoms with Crippen LogP contribution in [0.25, 0.3) is 86.5 Å². The fraction of sp³-hybridized carbons (Fsp3) is 0. The molecule has 0 spiro atoms. The highest BCUT2D eigenvalue weighted by Gasteiger charge is 2.27. The third-order valence-electron chi connectivity index (χ3n) is 12.5. The van der Waals surface area contributed by atoms with Gasteiger partial charge in [-0.05, 0) is 111 Å². The first-order chi connectivity index (χ1) is 28.0. The van der Waals surface area contributed by atoms with Gasteiger partial charge in [0.25, 0.3) is 0 Å². The number of anilines is 3. The normalized spacial score (nSPS) is 11.8. The van der Waals surface area contributed by atoms with Gasteiger partial charge in [0.15, 0.2) is 0 Å². The summed E-state index contributed by atoms with van der Waals surface area (Å²) in [6.45, 7) is 0. The van der Waals surface area contributed by atoms with Gasteiger partial charge in [0.1, 0.15) is 29.3 Å². The van der Waals surface area contributed by atoms with Gasteiger partial charge in [-0.3, -0.25) is 0 Å². The average Bonchev–Trinajstić information content (AvgIpc) is 3.27. The summed E-state index contributed by atoms with van der Waals surface area (Å²) in [5, 5.41) is 29.7. The maximum atomic E-state index is 12.9. The molecule has 0 unspecified atom stereocenters.